The number of aromatic hydroxyl groups is 1. The number of azo groups is 2. The smallest absolute Gasteiger partial charge is 0.397 e. The number of fused-ring (bicyclic) bond motifs is 1. The second-order valence-corrected chi connectivity index (χ2v) is 20.5. The van der Waals surface area contributed by atoms with Crippen LogP contribution in [0.2, 0.25) is 0 Å². The minimum absolute atomic E-state index is 0.0347. The van der Waals surface area contributed by atoms with Crippen LogP contribution in [0.4, 0.5) is 28.4 Å². The molecule has 0 unspecified atom stereocenters. The molecule has 6 N–H and O–H groups in total. The Morgan fingerprint density at radius 3 is 1.59 bits per heavy atom. The lowest BCUT2D eigenvalue weighted by atomic mass is 10.1. The summed E-state index contributed by atoms with van der Waals surface area (Å²) in [4.78, 5) is -3.47. The number of nitrogens with zero attached hydrogens (tertiary/aromatic N) is 4. The van der Waals surface area contributed by atoms with Crippen molar-refractivity contribution < 1.29 is 86.9 Å². The highest BCUT2D eigenvalue weighted by atomic mass is 32.3. The van der Waals surface area contributed by atoms with Gasteiger partial charge < -0.3 is 15.2 Å². The molecule has 59 heavy (non-hydrogen) atoms. The lowest BCUT2D eigenvalue weighted by Crippen LogP contribution is -2.16. The molecule has 0 amide bonds. The second-order valence-electron chi connectivity index (χ2n) is 11.3. The second kappa shape index (κ2) is 17.4. The first-order valence-electron chi connectivity index (χ1n) is 15.4. The number of anilines is 1. The fourth-order valence-electron chi connectivity index (χ4n) is 4.87. The maximum Gasteiger partial charge on any atom is 0.397 e. The number of ether oxygens (including phenoxy) is 1. The standard InChI is InChI=1S/C28H29N5O20S6/c1-29-21-7-5-18-19(26(21)32-30-20-6-3-17(14-24(20)56(39,40)41)55(37,38)12-10-53-59(48,49)50)15-25(57(42,43)44)27(28(18)34)33-31-22-13-16(4-8-23(22)51-2)54(35,36)11-9-52-58(45,46)47/h3-8,13-15,29,34H,9-12H2,1-2H3,(H,39,40,41)(H,42,43,44)(H,45,46,47)(H,48,49,50)/b32-30+,33-31+. The van der Waals surface area contributed by atoms with E-state index in [-0.39, 0.29) is 33.6 Å². The van der Waals surface area contributed by atoms with E-state index in [0.29, 0.717) is 6.07 Å². The Kier molecular flexibility index (Phi) is 13.8. The van der Waals surface area contributed by atoms with Gasteiger partial charge in [0.05, 0.1) is 47.3 Å². The molecule has 0 radical (unpaired) electrons. The minimum Gasteiger partial charge on any atom is -0.505 e. The number of methoxy groups -OCH3 is 1. The molecule has 0 saturated heterocycles. The summed E-state index contributed by atoms with van der Waals surface area (Å²) in [6.07, 6.45) is 0. The normalized spacial score (nSPS) is 13.4. The molecule has 31 heteroatoms. The van der Waals surface area contributed by atoms with Gasteiger partial charge in [0.2, 0.25) is 0 Å². The zero-order valence-corrected chi connectivity index (χ0v) is 34.5. The fraction of sp³-hybridized carbons (Fsp3) is 0.214. The first-order chi connectivity index (χ1) is 27.1. The van der Waals surface area contributed by atoms with Crippen molar-refractivity contribution in [1.29, 1.82) is 0 Å². The van der Waals surface area contributed by atoms with Gasteiger partial charge in [-0.3, -0.25) is 18.2 Å². The molecule has 0 aliphatic rings. The Labute approximate surface area is 335 Å². The third-order valence-corrected chi connectivity index (χ3v) is 13.5. The molecule has 4 aromatic carbocycles. The number of phenolic OH excluding ortho intramolecular Hbond substituents is 1. The van der Waals surface area contributed by atoms with E-state index in [2.05, 4.69) is 34.1 Å². The lowest BCUT2D eigenvalue weighted by Gasteiger charge is -2.13. The first-order valence-corrected chi connectivity index (χ1v) is 24.3. The molecule has 0 aliphatic heterocycles. The summed E-state index contributed by atoms with van der Waals surface area (Å²) in [5, 5.41) is 28.8. The molecule has 0 bridgehead atoms. The summed E-state index contributed by atoms with van der Waals surface area (Å²) in [7, 11) is -26.9. The quantitative estimate of drug-likeness (QED) is 0.0616. The Morgan fingerprint density at radius 1 is 0.576 bits per heavy atom. The molecule has 0 heterocycles. The first kappa shape index (κ1) is 46.9. The molecule has 0 spiro atoms. The summed E-state index contributed by atoms with van der Waals surface area (Å²) < 4.78 is 195. The number of benzene rings is 4. The third-order valence-electron chi connectivity index (χ3n) is 7.51. The van der Waals surface area contributed by atoms with E-state index >= 15 is 0 Å². The van der Waals surface area contributed by atoms with Gasteiger partial charge in [-0.2, -0.15) is 33.7 Å². The predicted molar refractivity (Wildman–Crippen MR) is 202 cm³/mol. The van der Waals surface area contributed by atoms with Crippen molar-refractivity contribution in [3.05, 3.63) is 54.6 Å². The van der Waals surface area contributed by atoms with Gasteiger partial charge in [0.15, 0.2) is 25.4 Å². The maximum absolute atomic E-state index is 12.8. The van der Waals surface area contributed by atoms with Gasteiger partial charge in [-0.25, -0.2) is 25.2 Å². The SMILES string of the molecule is CNc1ccc2c(O)c(/N=N/c3cc(S(=O)(=O)CCOS(=O)(=O)O)ccc3OC)c(S(=O)(=O)O)cc2c1/N=N/c1ccc(S(=O)(=O)CCOS(=O)(=O)O)cc1S(=O)(=O)O. The molecule has 4 aromatic rings. The van der Waals surface area contributed by atoms with Crippen LogP contribution < -0.4 is 10.1 Å². The molecular formula is C28H29N5O20S6. The van der Waals surface area contributed by atoms with Crippen molar-refractivity contribution in [2.75, 3.05) is 44.2 Å². The molecule has 4 rings (SSSR count). The van der Waals surface area contributed by atoms with Crippen LogP contribution in [0.1, 0.15) is 0 Å². The Hall–Kier alpha value is -4.80. The minimum atomic E-state index is -5.33. The monoisotopic (exact) mass is 947 g/mol. The van der Waals surface area contributed by atoms with E-state index in [1.165, 1.54) is 19.2 Å². The van der Waals surface area contributed by atoms with Gasteiger partial charge >= 0.3 is 20.8 Å². The van der Waals surface area contributed by atoms with Gasteiger partial charge in [-0.15, -0.1) is 20.5 Å². The Morgan fingerprint density at radius 2 is 1.08 bits per heavy atom. The molecular weight excluding hydrogens is 919 g/mol. The maximum atomic E-state index is 12.8. The lowest BCUT2D eigenvalue weighted by molar-refractivity contribution is 0.282. The molecule has 0 aromatic heterocycles. The number of sulfone groups is 2. The van der Waals surface area contributed by atoms with E-state index < -0.39 is 122 Å². The summed E-state index contributed by atoms with van der Waals surface area (Å²) in [6, 6.07) is 8.35. The van der Waals surface area contributed by atoms with Gasteiger partial charge in [-0.1, -0.05) is 0 Å². The van der Waals surface area contributed by atoms with Gasteiger partial charge in [0, 0.05) is 17.8 Å². The fourth-order valence-corrected chi connectivity index (χ4v) is 9.25. The van der Waals surface area contributed by atoms with Crippen molar-refractivity contribution in [1.82, 2.24) is 0 Å². The van der Waals surface area contributed by atoms with Crippen molar-refractivity contribution in [2.45, 2.75) is 19.6 Å². The van der Waals surface area contributed by atoms with E-state index in [1.54, 1.807) is 0 Å². The van der Waals surface area contributed by atoms with Crippen LogP contribution in [-0.2, 0) is 69.1 Å². The third kappa shape index (κ3) is 11.9. The number of rotatable bonds is 18. The summed E-state index contributed by atoms with van der Waals surface area (Å²) in [5.41, 5.74) is -2.28. The zero-order valence-electron chi connectivity index (χ0n) is 29.6. The van der Waals surface area contributed by atoms with Crippen LogP contribution in [0.3, 0.4) is 0 Å². The van der Waals surface area contributed by atoms with Crippen LogP contribution in [-0.4, -0.2) is 113 Å². The molecule has 25 nitrogen and oxygen atoms in total. The van der Waals surface area contributed by atoms with E-state index in [9.17, 15) is 64.7 Å². The number of phenols is 1. The Bertz CT molecular complexity index is 3070. The van der Waals surface area contributed by atoms with E-state index in [0.717, 1.165) is 43.5 Å². The van der Waals surface area contributed by atoms with Crippen molar-refractivity contribution in [2.24, 2.45) is 20.5 Å². The van der Waals surface area contributed by atoms with Crippen LogP contribution in [0.5, 0.6) is 11.5 Å². The van der Waals surface area contributed by atoms with Gasteiger partial charge in [0.1, 0.15) is 38.3 Å². The molecule has 0 saturated carbocycles. The van der Waals surface area contributed by atoms with Gasteiger partial charge in [-0.05, 0) is 54.6 Å². The van der Waals surface area contributed by atoms with Crippen molar-refractivity contribution in [3.8, 4) is 11.5 Å². The van der Waals surface area contributed by atoms with Crippen molar-refractivity contribution >= 4 is 99.9 Å². The number of hydrogen-bond donors (Lipinski definition) is 6. The number of hydrogen-bond acceptors (Lipinski definition) is 21. The average Bonchev–Trinajstić information content (AvgIpc) is 3.11. The van der Waals surface area contributed by atoms with Crippen LogP contribution in [0, 0.1) is 0 Å². The molecule has 0 fully saturated rings. The van der Waals surface area contributed by atoms with Crippen LogP contribution >= 0.6 is 0 Å². The summed E-state index contributed by atoms with van der Waals surface area (Å²) in [5.74, 6) is -3.11. The van der Waals surface area contributed by atoms with Gasteiger partial charge in [0.25, 0.3) is 20.2 Å². The van der Waals surface area contributed by atoms with Crippen molar-refractivity contribution in [3.63, 3.8) is 0 Å². The molecule has 0 atom stereocenters. The molecule has 0 aliphatic carbocycles. The predicted octanol–water partition coefficient (Wildman–Crippen LogP) is 3.11. The highest BCUT2D eigenvalue weighted by Gasteiger charge is 2.26. The largest absolute Gasteiger partial charge is 0.505 e. The van der Waals surface area contributed by atoms with Crippen LogP contribution in [0.15, 0.2) is 94.6 Å². The topological polar surface area (TPSA) is 395 Å². The summed E-state index contributed by atoms with van der Waals surface area (Å²) >= 11 is 0. The van der Waals surface area contributed by atoms with E-state index in [1.807, 2.05) is 0 Å². The highest BCUT2D eigenvalue weighted by Crippen LogP contribution is 2.47. The average molecular weight is 948 g/mol. The van der Waals surface area contributed by atoms with E-state index in [4.69, 9.17) is 13.8 Å². The molecule has 322 valence electrons. The number of nitrogens with one attached hydrogen (secondary N) is 1. The van der Waals surface area contributed by atoms with Crippen LogP contribution in [0.25, 0.3) is 10.8 Å². The summed E-state index contributed by atoms with van der Waals surface area (Å²) in [6.45, 7) is -2.03. The Balaban J connectivity index is 1.86. The zero-order chi connectivity index (χ0) is 44.4. The highest BCUT2D eigenvalue weighted by molar-refractivity contribution is 7.92.